The summed E-state index contributed by atoms with van der Waals surface area (Å²) in [5.41, 5.74) is 8.21. The van der Waals surface area contributed by atoms with Crippen molar-refractivity contribution in [1.82, 2.24) is 9.78 Å². The number of hydrogen-bond acceptors (Lipinski definition) is 2. The Kier molecular flexibility index (Phi) is 2.77. The number of aromatic nitrogens is 2. The molecule has 1 saturated carbocycles. The van der Waals surface area contributed by atoms with Gasteiger partial charge < -0.3 is 5.73 Å². The average Bonchev–Trinajstić information content (AvgIpc) is 2.97. The Balaban J connectivity index is 2.26. The first-order chi connectivity index (χ1) is 7.12. The first-order valence-electron chi connectivity index (χ1n) is 5.54. The maximum Gasteiger partial charge on any atom is 0.0847 e. The largest absolute Gasteiger partial charge is 0.330 e. The van der Waals surface area contributed by atoms with Crippen LogP contribution in [-0.4, -0.2) is 16.3 Å². The molecule has 0 aliphatic heterocycles. The van der Waals surface area contributed by atoms with Crippen molar-refractivity contribution in [1.29, 1.82) is 0 Å². The minimum Gasteiger partial charge on any atom is -0.330 e. The highest BCUT2D eigenvalue weighted by molar-refractivity contribution is 6.31. The van der Waals surface area contributed by atoms with E-state index in [0.717, 1.165) is 30.2 Å². The van der Waals surface area contributed by atoms with Crippen molar-refractivity contribution in [2.75, 3.05) is 6.54 Å². The summed E-state index contributed by atoms with van der Waals surface area (Å²) in [4.78, 5) is 0. The van der Waals surface area contributed by atoms with Gasteiger partial charge in [0.05, 0.1) is 16.4 Å². The highest BCUT2D eigenvalue weighted by Crippen LogP contribution is 2.48. The van der Waals surface area contributed by atoms with Gasteiger partial charge in [0.1, 0.15) is 0 Å². The summed E-state index contributed by atoms with van der Waals surface area (Å²) in [6, 6.07) is 0. The van der Waals surface area contributed by atoms with Crippen molar-refractivity contribution in [2.45, 2.75) is 39.7 Å². The molecule has 0 bridgehead atoms. The number of halogens is 1. The van der Waals surface area contributed by atoms with Gasteiger partial charge >= 0.3 is 0 Å². The van der Waals surface area contributed by atoms with Crippen molar-refractivity contribution >= 4 is 11.6 Å². The molecule has 1 heterocycles. The molecular weight excluding hydrogens is 210 g/mol. The summed E-state index contributed by atoms with van der Waals surface area (Å²) < 4.78 is 2.01. The summed E-state index contributed by atoms with van der Waals surface area (Å²) in [5, 5.41) is 5.25. The molecule has 0 atom stereocenters. The topological polar surface area (TPSA) is 43.8 Å². The van der Waals surface area contributed by atoms with Gasteiger partial charge in [-0.2, -0.15) is 5.10 Å². The Morgan fingerprint density at radius 3 is 2.67 bits per heavy atom. The predicted molar refractivity (Wildman–Crippen MR) is 62.1 cm³/mol. The molecule has 84 valence electrons. The van der Waals surface area contributed by atoms with E-state index >= 15 is 0 Å². The van der Waals surface area contributed by atoms with Crippen LogP contribution in [-0.2, 0) is 13.0 Å². The average molecular weight is 228 g/mol. The number of rotatable bonds is 4. The van der Waals surface area contributed by atoms with Crippen LogP contribution >= 0.6 is 11.6 Å². The Labute approximate surface area is 95.6 Å². The number of hydrogen-bond donors (Lipinski definition) is 1. The molecule has 2 N–H and O–H groups in total. The lowest BCUT2D eigenvalue weighted by Gasteiger charge is -2.13. The van der Waals surface area contributed by atoms with Crippen LogP contribution in [0.2, 0.25) is 5.02 Å². The zero-order chi connectivity index (χ0) is 11.1. The van der Waals surface area contributed by atoms with E-state index in [4.69, 9.17) is 17.3 Å². The lowest BCUT2D eigenvalue weighted by atomic mass is 10.0. The van der Waals surface area contributed by atoms with Crippen molar-refractivity contribution < 1.29 is 0 Å². The predicted octanol–water partition coefficient (Wildman–Crippen LogP) is 2.15. The zero-order valence-corrected chi connectivity index (χ0v) is 10.1. The van der Waals surface area contributed by atoms with Gasteiger partial charge in [-0.1, -0.05) is 11.6 Å². The van der Waals surface area contributed by atoms with Gasteiger partial charge in [-0.3, -0.25) is 4.68 Å². The summed E-state index contributed by atoms with van der Waals surface area (Å²) in [5.74, 6) is 0. The minimum absolute atomic E-state index is 0.322. The van der Waals surface area contributed by atoms with E-state index in [-0.39, 0.29) is 0 Å². The second-order valence-electron chi connectivity index (χ2n) is 4.54. The number of aryl methyl sites for hydroxylation is 2. The Morgan fingerprint density at radius 2 is 2.20 bits per heavy atom. The van der Waals surface area contributed by atoms with Crippen molar-refractivity contribution in [3.05, 3.63) is 16.4 Å². The third-order valence-electron chi connectivity index (χ3n) is 3.39. The first kappa shape index (κ1) is 11.0. The van der Waals surface area contributed by atoms with Gasteiger partial charge in [0.15, 0.2) is 0 Å². The fourth-order valence-electron chi connectivity index (χ4n) is 2.02. The van der Waals surface area contributed by atoms with Crippen molar-refractivity contribution in [3.8, 4) is 0 Å². The van der Waals surface area contributed by atoms with Crippen LogP contribution in [0, 0.1) is 12.3 Å². The van der Waals surface area contributed by atoms with Gasteiger partial charge in [0.25, 0.3) is 0 Å². The standard InChI is InChI=1S/C11H18ClN3/c1-3-15-9(10(12)8(2)14-15)6-11(7-13)4-5-11/h3-7,13H2,1-2H3. The molecule has 1 fully saturated rings. The summed E-state index contributed by atoms with van der Waals surface area (Å²) in [6.45, 7) is 5.69. The normalized spacial score (nSPS) is 18.1. The summed E-state index contributed by atoms with van der Waals surface area (Å²) in [7, 11) is 0. The molecular formula is C11H18ClN3. The third-order valence-corrected chi connectivity index (χ3v) is 3.88. The van der Waals surface area contributed by atoms with Gasteiger partial charge in [0.2, 0.25) is 0 Å². The smallest absolute Gasteiger partial charge is 0.0847 e. The lowest BCUT2D eigenvalue weighted by molar-refractivity contribution is 0.487. The maximum atomic E-state index is 6.26. The van der Waals surface area contributed by atoms with E-state index < -0.39 is 0 Å². The van der Waals surface area contributed by atoms with Crippen molar-refractivity contribution in [3.63, 3.8) is 0 Å². The molecule has 4 heteroatoms. The fourth-order valence-corrected chi connectivity index (χ4v) is 2.23. The molecule has 0 amide bonds. The molecule has 0 spiro atoms. The van der Waals surface area contributed by atoms with Gasteiger partial charge in [-0.25, -0.2) is 0 Å². The monoisotopic (exact) mass is 227 g/mol. The van der Waals surface area contributed by atoms with Crippen LogP contribution in [0.3, 0.4) is 0 Å². The van der Waals surface area contributed by atoms with Crippen LogP contribution < -0.4 is 5.73 Å². The van der Waals surface area contributed by atoms with Crippen LogP contribution in [0.4, 0.5) is 0 Å². The molecule has 0 aromatic carbocycles. The van der Waals surface area contributed by atoms with Crippen LogP contribution in [0.1, 0.15) is 31.2 Å². The maximum absolute atomic E-state index is 6.26. The molecule has 3 nitrogen and oxygen atoms in total. The molecule has 2 rings (SSSR count). The summed E-state index contributed by atoms with van der Waals surface area (Å²) >= 11 is 6.26. The molecule has 0 radical (unpaired) electrons. The van der Waals surface area contributed by atoms with Crippen LogP contribution in [0.15, 0.2) is 0 Å². The van der Waals surface area contributed by atoms with Gasteiger partial charge in [0, 0.05) is 6.54 Å². The highest BCUT2D eigenvalue weighted by Gasteiger charge is 2.42. The van der Waals surface area contributed by atoms with Crippen molar-refractivity contribution in [2.24, 2.45) is 11.1 Å². The van der Waals surface area contributed by atoms with E-state index in [9.17, 15) is 0 Å². The Morgan fingerprint density at radius 1 is 1.53 bits per heavy atom. The molecule has 1 aromatic heterocycles. The first-order valence-corrected chi connectivity index (χ1v) is 5.91. The molecule has 1 aliphatic rings. The molecule has 0 unspecified atom stereocenters. The van der Waals surface area contributed by atoms with E-state index in [1.54, 1.807) is 0 Å². The molecule has 0 saturated heterocycles. The number of nitrogens with two attached hydrogens (primary N) is 1. The van der Waals surface area contributed by atoms with E-state index in [0.29, 0.717) is 5.41 Å². The van der Waals surface area contributed by atoms with E-state index in [2.05, 4.69) is 12.0 Å². The second kappa shape index (κ2) is 3.80. The lowest BCUT2D eigenvalue weighted by Crippen LogP contribution is -2.20. The molecule has 15 heavy (non-hydrogen) atoms. The minimum atomic E-state index is 0.322. The summed E-state index contributed by atoms with van der Waals surface area (Å²) in [6.07, 6.45) is 3.44. The third kappa shape index (κ3) is 1.91. The highest BCUT2D eigenvalue weighted by atomic mass is 35.5. The SMILES string of the molecule is CCn1nc(C)c(Cl)c1CC1(CN)CC1. The van der Waals surface area contributed by atoms with Crippen LogP contribution in [0.5, 0.6) is 0 Å². The molecule has 1 aromatic rings. The van der Waals surface area contributed by atoms with E-state index in [1.807, 2.05) is 11.6 Å². The molecule has 1 aliphatic carbocycles. The zero-order valence-electron chi connectivity index (χ0n) is 9.39. The Bertz CT molecular complexity index is 366. The van der Waals surface area contributed by atoms with Crippen LogP contribution in [0.25, 0.3) is 0 Å². The number of nitrogens with zero attached hydrogens (tertiary/aromatic N) is 2. The van der Waals surface area contributed by atoms with E-state index in [1.165, 1.54) is 18.5 Å². The Hall–Kier alpha value is -0.540. The van der Waals surface area contributed by atoms with Gasteiger partial charge in [-0.15, -0.1) is 0 Å². The second-order valence-corrected chi connectivity index (χ2v) is 4.92. The quantitative estimate of drug-likeness (QED) is 0.857. The fraction of sp³-hybridized carbons (Fsp3) is 0.727. The van der Waals surface area contributed by atoms with Gasteiger partial charge in [-0.05, 0) is 45.1 Å².